The van der Waals surface area contributed by atoms with Crippen LogP contribution in [0, 0.1) is 0 Å². The summed E-state index contributed by atoms with van der Waals surface area (Å²) in [6, 6.07) is 16.1. The number of fused-ring (bicyclic) bond motifs is 2. The number of nitrogens with one attached hydrogen (secondary N) is 1. The van der Waals surface area contributed by atoms with Gasteiger partial charge >= 0.3 is 0 Å². The maximum atomic E-state index is 5.41. The lowest BCUT2D eigenvalue weighted by molar-refractivity contribution is 0.174. The Morgan fingerprint density at radius 3 is 2.92 bits per heavy atom. The molecule has 0 spiro atoms. The van der Waals surface area contributed by atoms with Crippen molar-refractivity contribution in [2.24, 2.45) is 0 Å². The molecular weight excluding hydrogens is 316 g/mol. The van der Waals surface area contributed by atoms with Crippen LogP contribution in [0.5, 0.6) is 11.5 Å². The van der Waals surface area contributed by atoms with Crippen molar-refractivity contribution in [1.29, 1.82) is 0 Å². The van der Waals surface area contributed by atoms with Gasteiger partial charge < -0.3 is 19.7 Å². The number of ether oxygens (including phenoxy) is 2. The molecule has 0 atom stereocenters. The molecule has 0 fully saturated rings. The van der Waals surface area contributed by atoms with Gasteiger partial charge in [-0.2, -0.15) is 4.98 Å². The smallest absolute Gasteiger partial charge is 0.231 e. The van der Waals surface area contributed by atoms with Crippen LogP contribution in [0.4, 0.5) is 23.1 Å². The van der Waals surface area contributed by atoms with Crippen LogP contribution in [-0.4, -0.2) is 23.3 Å². The van der Waals surface area contributed by atoms with Crippen LogP contribution in [-0.2, 0) is 6.42 Å². The predicted octanol–water partition coefficient (Wildman–Crippen LogP) is 3.64. The lowest BCUT2D eigenvalue weighted by Gasteiger charge is -2.18. The molecule has 3 aromatic rings. The summed E-state index contributed by atoms with van der Waals surface area (Å²) in [7, 11) is 0. The normalized spacial score (nSPS) is 14.5. The van der Waals surface area contributed by atoms with Crippen LogP contribution in [0.1, 0.15) is 5.56 Å². The number of rotatable bonds is 3. The third kappa shape index (κ3) is 2.52. The minimum absolute atomic E-state index is 0.263. The third-order valence-corrected chi connectivity index (χ3v) is 4.43. The Morgan fingerprint density at radius 2 is 1.92 bits per heavy atom. The van der Waals surface area contributed by atoms with E-state index in [1.807, 2.05) is 24.3 Å². The summed E-state index contributed by atoms with van der Waals surface area (Å²) >= 11 is 0. The minimum atomic E-state index is 0.263. The molecule has 0 saturated heterocycles. The number of hydrogen-bond acceptors (Lipinski definition) is 6. The molecule has 25 heavy (non-hydrogen) atoms. The summed E-state index contributed by atoms with van der Waals surface area (Å²) in [6.07, 6.45) is 2.81. The van der Waals surface area contributed by atoms with E-state index in [1.165, 1.54) is 11.3 Å². The first-order valence-corrected chi connectivity index (χ1v) is 8.22. The van der Waals surface area contributed by atoms with Crippen molar-refractivity contribution in [3.63, 3.8) is 0 Å². The monoisotopic (exact) mass is 332 g/mol. The molecular formula is C19H16N4O2. The van der Waals surface area contributed by atoms with Gasteiger partial charge in [0.25, 0.3) is 0 Å². The summed E-state index contributed by atoms with van der Waals surface area (Å²) in [5, 5.41) is 3.24. The van der Waals surface area contributed by atoms with Crippen LogP contribution in [0.25, 0.3) is 0 Å². The molecule has 0 bridgehead atoms. The van der Waals surface area contributed by atoms with E-state index in [-0.39, 0.29) is 6.79 Å². The summed E-state index contributed by atoms with van der Waals surface area (Å²) in [4.78, 5) is 11.2. The Bertz CT molecular complexity index is 944. The number of benzene rings is 2. The zero-order valence-electron chi connectivity index (χ0n) is 13.5. The predicted molar refractivity (Wildman–Crippen MR) is 95.0 cm³/mol. The van der Waals surface area contributed by atoms with E-state index in [1.54, 1.807) is 6.20 Å². The number of hydrogen-bond donors (Lipinski definition) is 1. The maximum absolute atomic E-state index is 5.41. The van der Waals surface area contributed by atoms with E-state index in [9.17, 15) is 0 Å². The first-order chi connectivity index (χ1) is 12.4. The largest absolute Gasteiger partial charge is 0.454 e. The van der Waals surface area contributed by atoms with Gasteiger partial charge in [-0.05, 0) is 36.2 Å². The van der Waals surface area contributed by atoms with Crippen molar-refractivity contribution in [2.75, 3.05) is 23.6 Å². The molecule has 2 aliphatic heterocycles. The Labute approximate surface area is 145 Å². The fourth-order valence-electron chi connectivity index (χ4n) is 3.24. The first kappa shape index (κ1) is 14.1. The lowest BCUT2D eigenvalue weighted by Crippen LogP contribution is -2.15. The summed E-state index contributed by atoms with van der Waals surface area (Å²) in [5.41, 5.74) is 3.44. The van der Waals surface area contributed by atoms with E-state index in [2.05, 4.69) is 44.5 Å². The second-order valence-corrected chi connectivity index (χ2v) is 5.96. The fourth-order valence-corrected chi connectivity index (χ4v) is 3.24. The van der Waals surface area contributed by atoms with Gasteiger partial charge in [0.1, 0.15) is 5.82 Å². The van der Waals surface area contributed by atoms with Crippen LogP contribution >= 0.6 is 0 Å². The van der Waals surface area contributed by atoms with Crippen LogP contribution in [0.15, 0.2) is 54.7 Å². The van der Waals surface area contributed by atoms with Crippen molar-refractivity contribution in [1.82, 2.24) is 9.97 Å². The van der Waals surface area contributed by atoms with E-state index in [4.69, 9.17) is 9.47 Å². The molecule has 6 nitrogen and oxygen atoms in total. The minimum Gasteiger partial charge on any atom is -0.454 e. The topological polar surface area (TPSA) is 59.5 Å². The molecule has 0 amide bonds. The molecule has 1 N–H and O–H groups in total. The van der Waals surface area contributed by atoms with Crippen molar-refractivity contribution in [3.8, 4) is 11.5 Å². The number of para-hydroxylation sites is 1. The molecule has 6 heteroatoms. The molecule has 1 aromatic heterocycles. The van der Waals surface area contributed by atoms with Gasteiger partial charge in [0.2, 0.25) is 12.7 Å². The highest BCUT2D eigenvalue weighted by Crippen LogP contribution is 2.36. The molecule has 0 aliphatic carbocycles. The summed E-state index contributed by atoms with van der Waals surface area (Å²) in [6.45, 7) is 1.19. The standard InChI is InChI=1S/C19H16N4O2/c1-2-4-15-13(3-1)8-10-23(15)18-7-9-20-19(22-18)21-14-5-6-16-17(11-14)25-12-24-16/h1-7,9,11H,8,10,12H2,(H,20,21,22). The Balaban J connectivity index is 1.42. The zero-order chi connectivity index (χ0) is 16.6. The van der Waals surface area contributed by atoms with Crippen molar-refractivity contribution in [2.45, 2.75) is 6.42 Å². The fraction of sp³-hybridized carbons (Fsp3) is 0.158. The van der Waals surface area contributed by atoms with Crippen LogP contribution in [0.2, 0.25) is 0 Å². The van der Waals surface area contributed by atoms with E-state index in [0.717, 1.165) is 36.0 Å². The lowest BCUT2D eigenvalue weighted by atomic mass is 10.2. The molecule has 0 unspecified atom stereocenters. The average molecular weight is 332 g/mol. The van der Waals surface area contributed by atoms with Gasteiger partial charge in [-0.15, -0.1) is 0 Å². The number of nitrogens with zero attached hydrogens (tertiary/aromatic N) is 3. The highest BCUT2D eigenvalue weighted by Gasteiger charge is 2.21. The Morgan fingerprint density at radius 1 is 1.00 bits per heavy atom. The first-order valence-electron chi connectivity index (χ1n) is 8.22. The highest BCUT2D eigenvalue weighted by molar-refractivity contribution is 5.68. The molecule has 2 aliphatic rings. The SMILES string of the molecule is c1ccc2c(c1)CCN2c1ccnc(Nc2ccc3c(c2)OCO3)n1. The number of aromatic nitrogens is 2. The van der Waals surface area contributed by atoms with E-state index >= 15 is 0 Å². The molecule has 0 saturated carbocycles. The second-order valence-electron chi connectivity index (χ2n) is 5.96. The summed E-state index contributed by atoms with van der Waals surface area (Å²) in [5.74, 6) is 2.94. The van der Waals surface area contributed by atoms with Gasteiger partial charge in [-0.25, -0.2) is 4.98 Å². The molecule has 3 heterocycles. The molecule has 124 valence electrons. The second kappa shape index (κ2) is 5.66. The van der Waals surface area contributed by atoms with E-state index in [0.29, 0.717) is 5.95 Å². The average Bonchev–Trinajstić information content (AvgIpc) is 3.28. The van der Waals surface area contributed by atoms with Crippen LogP contribution in [0.3, 0.4) is 0 Å². The van der Waals surface area contributed by atoms with Gasteiger partial charge in [-0.3, -0.25) is 0 Å². The molecule has 0 radical (unpaired) electrons. The van der Waals surface area contributed by atoms with Crippen molar-refractivity contribution >= 4 is 23.1 Å². The third-order valence-electron chi connectivity index (χ3n) is 4.43. The molecule has 2 aromatic carbocycles. The highest BCUT2D eigenvalue weighted by atomic mass is 16.7. The maximum Gasteiger partial charge on any atom is 0.231 e. The van der Waals surface area contributed by atoms with E-state index < -0.39 is 0 Å². The van der Waals surface area contributed by atoms with Gasteiger partial charge in [0.05, 0.1) is 0 Å². The Kier molecular flexibility index (Phi) is 3.19. The van der Waals surface area contributed by atoms with Crippen molar-refractivity contribution in [3.05, 3.63) is 60.3 Å². The van der Waals surface area contributed by atoms with Gasteiger partial charge in [0.15, 0.2) is 11.5 Å². The number of anilines is 4. The quantitative estimate of drug-likeness (QED) is 0.790. The van der Waals surface area contributed by atoms with Crippen molar-refractivity contribution < 1.29 is 9.47 Å². The van der Waals surface area contributed by atoms with Gasteiger partial charge in [0, 0.05) is 30.2 Å². The van der Waals surface area contributed by atoms with Gasteiger partial charge in [-0.1, -0.05) is 18.2 Å². The summed E-state index contributed by atoms with van der Waals surface area (Å²) < 4.78 is 10.7. The Hall–Kier alpha value is -3.28. The van der Waals surface area contributed by atoms with Crippen LogP contribution < -0.4 is 19.7 Å². The molecule has 5 rings (SSSR count). The zero-order valence-corrected chi connectivity index (χ0v) is 13.5.